The van der Waals surface area contributed by atoms with Crippen LogP contribution in [0.3, 0.4) is 0 Å². The van der Waals surface area contributed by atoms with Crippen LogP contribution in [0.4, 0.5) is 0 Å². The third-order valence-corrected chi connectivity index (χ3v) is 4.86. The van der Waals surface area contributed by atoms with Gasteiger partial charge in [0.2, 0.25) is 5.24 Å². The van der Waals surface area contributed by atoms with Crippen LogP contribution in [0.15, 0.2) is 24.3 Å². The molecule has 0 radical (unpaired) electrons. The predicted molar refractivity (Wildman–Crippen MR) is 87.0 cm³/mol. The monoisotopic (exact) mass is 308 g/mol. The highest BCUT2D eigenvalue weighted by Crippen LogP contribution is 2.40. The van der Waals surface area contributed by atoms with Crippen LogP contribution in [0, 0.1) is 11.8 Å². The number of hydrogen-bond acceptors (Lipinski definition) is 2. The number of hydrogen-bond donors (Lipinski definition) is 0. The molecule has 3 unspecified atom stereocenters. The van der Waals surface area contributed by atoms with E-state index in [2.05, 4.69) is 38.1 Å². The highest BCUT2D eigenvalue weighted by Gasteiger charge is 2.31. The lowest BCUT2D eigenvalue weighted by Crippen LogP contribution is -2.25. The lowest BCUT2D eigenvalue weighted by Gasteiger charge is -2.32. The van der Waals surface area contributed by atoms with Crippen LogP contribution in [0.1, 0.15) is 57.4 Å². The van der Waals surface area contributed by atoms with Gasteiger partial charge in [-0.3, -0.25) is 4.79 Å². The van der Waals surface area contributed by atoms with Crippen molar-refractivity contribution >= 4 is 16.8 Å². The van der Waals surface area contributed by atoms with Crippen molar-refractivity contribution in [2.45, 2.75) is 51.9 Å². The number of unbranched alkanes of at least 4 members (excludes halogenated alkanes) is 1. The van der Waals surface area contributed by atoms with Gasteiger partial charge in [0.25, 0.3) is 0 Å². The summed E-state index contributed by atoms with van der Waals surface area (Å²) in [7, 11) is 0. The van der Waals surface area contributed by atoms with Crippen molar-refractivity contribution in [1.82, 2.24) is 0 Å². The Kier molecular flexibility index (Phi) is 6.10. The van der Waals surface area contributed by atoms with Crippen molar-refractivity contribution in [2.24, 2.45) is 11.8 Å². The zero-order chi connectivity index (χ0) is 15.2. The van der Waals surface area contributed by atoms with Gasteiger partial charge in [-0.05, 0) is 66.8 Å². The van der Waals surface area contributed by atoms with Crippen molar-refractivity contribution in [2.75, 3.05) is 6.61 Å². The summed E-state index contributed by atoms with van der Waals surface area (Å²) in [6, 6.07) is 8.46. The Balaban J connectivity index is 1.92. The van der Waals surface area contributed by atoms with E-state index in [0.29, 0.717) is 11.8 Å². The second kappa shape index (κ2) is 7.84. The summed E-state index contributed by atoms with van der Waals surface area (Å²) in [5.74, 6) is 1.90. The van der Waals surface area contributed by atoms with Gasteiger partial charge in [0.15, 0.2) is 0 Å². The minimum Gasteiger partial charge on any atom is -0.494 e. The number of ether oxygens (including phenoxy) is 1. The maximum absolute atomic E-state index is 11.4. The van der Waals surface area contributed by atoms with Crippen molar-refractivity contribution < 1.29 is 9.53 Å². The minimum absolute atomic E-state index is 0.0413. The summed E-state index contributed by atoms with van der Waals surface area (Å²) in [6.45, 7) is 5.09. The topological polar surface area (TPSA) is 26.3 Å². The first kappa shape index (κ1) is 16.4. The van der Waals surface area contributed by atoms with Crippen LogP contribution in [0.2, 0.25) is 0 Å². The van der Waals surface area contributed by atoms with E-state index in [4.69, 9.17) is 16.3 Å². The molecule has 0 aliphatic heterocycles. The first-order valence-corrected chi connectivity index (χ1v) is 8.41. The fraction of sp³-hybridized carbons (Fsp3) is 0.611. The Morgan fingerprint density at radius 3 is 2.57 bits per heavy atom. The SMILES string of the molecule is CCCCOc1ccc(C2CCC(C(=O)Cl)C(C)C2)cc1. The highest BCUT2D eigenvalue weighted by molar-refractivity contribution is 6.64. The van der Waals surface area contributed by atoms with Gasteiger partial charge in [-0.1, -0.05) is 32.4 Å². The maximum Gasteiger partial charge on any atom is 0.224 e. The molecule has 2 rings (SSSR count). The third-order valence-electron chi connectivity index (χ3n) is 4.58. The summed E-state index contributed by atoms with van der Waals surface area (Å²) in [5, 5.41) is -0.166. The van der Waals surface area contributed by atoms with E-state index in [0.717, 1.165) is 44.5 Å². The van der Waals surface area contributed by atoms with Crippen molar-refractivity contribution in [3.63, 3.8) is 0 Å². The van der Waals surface area contributed by atoms with Crippen LogP contribution < -0.4 is 4.74 Å². The minimum atomic E-state index is -0.166. The molecule has 2 nitrogen and oxygen atoms in total. The summed E-state index contributed by atoms with van der Waals surface area (Å²) in [4.78, 5) is 11.4. The fourth-order valence-electron chi connectivity index (χ4n) is 3.21. The van der Waals surface area contributed by atoms with E-state index in [1.165, 1.54) is 5.56 Å². The standard InChI is InChI=1S/C18H25ClO2/c1-3-4-11-21-16-8-5-14(6-9-16)15-7-10-17(18(19)20)13(2)12-15/h5-6,8-9,13,15,17H,3-4,7,10-12H2,1-2H3. The van der Waals surface area contributed by atoms with Gasteiger partial charge in [-0.2, -0.15) is 0 Å². The number of rotatable bonds is 6. The molecule has 0 aromatic heterocycles. The average Bonchev–Trinajstić information content (AvgIpc) is 2.48. The quantitative estimate of drug-likeness (QED) is 0.536. The Bertz CT molecular complexity index is 455. The number of halogens is 1. The van der Waals surface area contributed by atoms with Gasteiger partial charge in [0, 0.05) is 5.92 Å². The molecule has 3 atom stereocenters. The Morgan fingerprint density at radius 1 is 1.29 bits per heavy atom. The van der Waals surface area contributed by atoms with Crippen LogP contribution in [0.5, 0.6) is 5.75 Å². The van der Waals surface area contributed by atoms with Crippen LogP contribution in [0.25, 0.3) is 0 Å². The number of carbonyl (C=O) groups is 1. The van der Waals surface area contributed by atoms with Gasteiger partial charge in [0.05, 0.1) is 6.61 Å². The fourth-order valence-corrected chi connectivity index (χ4v) is 3.53. The molecule has 1 aromatic carbocycles. The Labute approximate surface area is 132 Å². The molecule has 1 aromatic rings. The normalized spacial score (nSPS) is 25.6. The molecule has 1 saturated carbocycles. The Hall–Kier alpha value is -1.02. The molecular weight excluding hydrogens is 284 g/mol. The van der Waals surface area contributed by atoms with Crippen molar-refractivity contribution in [3.05, 3.63) is 29.8 Å². The molecule has 0 spiro atoms. The molecule has 1 aliphatic carbocycles. The van der Waals surface area contributed by atoms with E-state index >= 15 is 0 Å². The van der Waals surface area contributed by atoms with E-state index < -0.39 is 0 Å². The number of benzene rings is 1. The van der Waals surface area contributed by atoms with Crippen molar-refractivity contribution in [1.29, 1.82) is 0 Å². The smallest absolute Gasteiger partial charge is 0.224 e. The van der Waals surface area contributed by atoms with Gasteiger partial charge in [-0.25, -0.2) is 0 Å². The van der Waals surface area contributed by atoms with Gasteiger partial charge >= 0.3 is 0 Å². The summed E-state index contributed by atoms with van der Waals surface area (Å²) >= 11 is 5.67. The second-order valence-corrected chi connectivity index (χ2v) is 6.54. The highest BCUT2D eigenvalue weighted by atomic mass is 35.5. The largest absolute Gasteiger partial charge is 0.494 e. The molecule has 0 saturated heterocycles. The molecule has 0 amide bonds. The summed E-state index contributed by atoms with van der Waals surface area (Å²) < 4.78 is 5.70. The van der Waals surface area contributed by atoms with Crippen LogP contribution in [-0.4, -0.2) is 11.8 Å². The molecule has 21 heavy (non-hydrogen) atoms. The molecule has 1 aliphatic rings. The van der Waals surface area contributed by atoms with Crippen LogP contribution >= 0.6 is 11.6 Å². The second-order valence-electron chi connectivity index (χ2n) is 6.17. The summed E-state index contributed by atoms with van der Waals surface area (Å²) in [6.07, 6.45) is 5.24. The zero-order valence-corrected chi connectivity index (χ0v) is 13.7. The lowest BCUT2D eigenvalue weighted by atomic mass is 9.73. The Morgan fingerprint density at radius 2 is 2.00 bits per heavy atom. The van der Waals surface area contributed by atoms with E-state index in [1.807, 2.05) is 0 Å². The van der Waals surface area contributed by atoms with Crippen LogP contribution in [-0.2, 0) is 4.79 Å². The predicted octanol–water partition coefficient (Wildman–Crippen LogP) is 5.15. The molecule has 3 heteroatoms. The van der Waals surface area contributed by atoms with E-state index in [9.17, 15) is 4.79 Å². The first-order valence-electron chi connectivity index (χ1n) is 8.04. The maximum atomic E-state index is 11.4. The molecule has 0 N–H and O–H groups in total. The number of carbonyl (C=O) groups excluding carboxylic acids is 1. The average molecular weight is 309 g/mol. The van der Waals surface area contributed by atoms with E-state index in [1.54, 1.807) is 0 Å². The zero-order valence-electron chi connectivity index (χ0n) is 13.0. The lowest BCUT2D eigenvalue weighted by molar-refractivity contribution is -0.117. The molecular formula is C18H25ClO2. The first-order chi connectivity index (χ1) is 10.1. The van der Waals surface area contributed by atoms with Gasteiger partial charge < -0.3 is 4.74 Å². The molecule has 1 fully saturated rings. The molecule has 0 bridgehead atoms. The third kappa shape index (κ3) is 4.47. The van der Waals surface area contributed by atoms with Gasteiger partial charge in [-0.15, -0.1) is 0 Å². The van der Waals surface area contributed by atoms with E-state index in [-0.39, 0.29) is 11.2 Å². The van der Waals surface area contributed by atoms with Gasteiger partial charge in [0.1, 0.15) is 5.75 Å². The molecule has 0 heterocycles. The van der Waals surface area contributed by atoms with Crippen molar-refractivity contribution in [3.8, 4) is 5.75 Å². The molecule has 116 valence electrons. The summed E-state index contributed by atoms with van der Waals surface area (Å²) in [5.41, 5.74) is 1.35.